The van der Waals surface area contributed by atoms with Gasteiger partial charge >= 0.3 is 5.97 Å². The van der Waals surface area contributed by atoms with Gasteiger partial charge in [0.2, 0.25) is 11.8 Å². The van der Waals surface area contributed by atoms with E-state index >= 15 is 0 Å². The molecule has 0 aliphatic carbocycles. The Morgan fingerprint density at radius 2 is 1.17 bits per heavy atom. The molecule has 2 amide bonds. The van der Waals surface area contributed by atoms with Crippen LogP contribution in [0.15, 0.2) is 115 Å². The summed E-state index contributed by atoms with van der Waals surface area (Å²) in [4.78, 5) is 45.2. The zero-order valence-corrected chi connectivity index (χ0v) is 23.5. The van der Waals surface area contributed by atoms with Gasteiger partial charge in [0.15, 0.2) is 0 Å². The number of rotatable bonds is 7. The van der Waals surface area contributed by atoms with Gasteiger partial charge in [0.05, 0.1) is 17.9 Å². The summed E-state index contributed by atoms with van der Waals surface area (Å²) >= 11 is 0. The Balaban J connectivity index is 1.38. The third kappa shape index (κ3) is 4.98. The van der Waals surface area contributed by atoms with Crippen LogP contribution in [0.25, 0.3) is 0 Å². The van der Waals surface area contributed by atoms with Crippen molar-refractivity contribution in [1.29, 1.82) is 0 Å². The van der Waals surface area contributed by atoms with Crippen molar-refractivity contribution in [2.45, 2.75) is 49.7 Å². The Hall–Kier alpha value is -4.71. The average molecular weight is 559 g/mol. The van der Waals surface area contributed by atoms with Crippen molar-refractivity contribution in [2.75, 3.05) is 6.54 Å². The van der Waals surface area contributed by atoms with Crippen molar-refractivity contribution >= 4 is 17.8 Å². The minimum absolute atomic E-state index is 0.114. The predicted octanol–water partition coefficient (Wildman–Crippen LogP) is 5.61. The van der Waals surface area contributed by atoms with E-state index in [0.717, 1.165) is 27.8 Å². The number of carbonyl (C=O) groups is 3. The fourth-order valence-corrected chi connectivity index (χ4v) is 6.91. The molecule has 6 heteroatoms. The minimum Gasteiger partial charge on any atom is -0.480 e. The summed E-state index contributed by atoms with van der Waals surface area (Å²) in [7, 11) is 0. The summed E-state index contributed by atoms with van der Waals surface area (Å²) in [5.74, 6) is -2.64. The maximum atomic E-state index is 14.5. The van der Waals surface area contributed by atoms with E-state index in [2.05, 4.69) is 0 Å². The number of benzene rings is 4. The van der Waals surface area contributed by atoms with Gasteiger partial charge in [-0.2, -0.15) is 0 Å². The van der Waals surface area contributed by atoms with Crippen LogP contribution in [-0.2, 0) is 14.4 Å². The fraction of sp³-hybridized carbons (Fsp3) is 0.250. The van der Waals surface area contributed by atoms with Gasteiger partial charge in [0.1, 0.15) is 6.04 Å². The van der Waals surface area contributed by atoms with Crippen LogP contribution in [0.1, 0.15) is 52.5 Å². The molecule has 0 radical (unpaired) electrons. The molecule has 2 saturated heterocycles. The number of hydrogen-bond acceptors (Lipinski definition) is 3. The predicted molar refractivity (Wildman–Crippen MR) is 161 cm³/mol. The largest absolute Gasteiger partial charge is 0.480 e. The molecule has 4 aromatic carbocycles. The second-order valence-electron chi connectivity index (χ2n) is 11.3. The topological polar surface area (TPSA) is 77.9 Å². The number of fused-ring (bicyclic) bond motifs is 2. The van der Waals surface area contributed by atoms with E-state index < -0.39 is 29.9 Å². The number of carboxylic acid groups (broad SMARTS) is 1. The van der Waals surface area contributed by atoms with Crippen molar-refractivity contribution in [1.82, 2.24) is 9.80 Å². The Labute approximate surface area is 246 Å². The van der Waals surface area contributed by atoms with Gasteiger partial charge in [-0.05, 0) is 47.6 Å². The van der Waals surface area contributed by atoms with Crippen molar-refractivity contribution in [3.05, 3.63) is 143 Å². The lowest BCUT2D eigenvalue weighted by Crippen LogP contribution is -2.66. The number of nitrogens with zero attached hydrogens (tertiary/aromatic N) is 2. The summed E-state index contributed by atoms with van der Waals surface area (Å²) in [5.41, 5.74) is 4.37. The molecule has 0 saturated carbocycles. The molecule has 2 heterocycles. The molecule has 4 atom stereocenters. The molecule has 1 unspecified atom stereocenters. The summed E-state index contributed by atoms with van der Waals surface area (Å²) in [5, 5.41) is 10.6. The molecule has 0 aromatic heterocycles. The van der Waals surface area contributed by atoms with E-state index in [1.165, 1.54) is 0 Å². The van der Waals surface area contributed by atoms with Gasteiger partial charge < -0.3 is 14.9 Å². The first-order chi connectivity index (χ1) is 20.5. The van der Waals surface area contributed by atoms with Gasteiger partial charge in [0, 0.05) is 12.6 Å². The zero-order valence-electron chi connectivity index (χ0n) is 23.5. The molecule has 6 nitrogen and oxygen atoms in total. The molecule has 4 aromatic rings. The number of hydrogen-bond donors (Lipinski definition) is 1. The van der Waals surface area contributed by atoms with E-state index in [0.29, 0.717) is 12.8 Å². The molecule has 2 aliphatic rings. The highest BCUT2D eigenvalue weighted by molar-refractivity contribution is 5.94. The lowest BCUT2D eigenvalue weighted by molar-refractivity contribution is -0.161. The van der Waals surface area contributed by atoms with Crippen LogP contribution in [0.5, 0.6) is 0 Å². The first kappa shape index (κ1) is 27.5. The third-order valence-electron chi connectivity index (χ3n) is 8.84. The van der Waals surface area contributed by atoms with E-state index in [4.69, 9.17) is 0 Å². The monoisotopic (exact) mass is 558 g/mol. The molecule has 0 spiro atoms. The van der Waals surface area contributed by atoms with Crippen molar-refractivity contribution in [3.63, 3.8) is 0 Å². The maximum absolute atomic E-state index is 14.5. The number of aryl methyl sites for hydroxylation is 1. The minimum atomic E-state index is -1.14. The van der Waals surface area contributed by atoms with Crippen LogP contribution in [0, 0.1) is 6.92 Å². The van der Waals surface area contributed by atoms with Gasteiger partial charge in [-0.1, -0.05) is 115 Å². The maximum Gasteiger partial charge on any atom is 0.328 e. The Bertz CT molecular complexity index is 1530. The van der Waals surface area contributed by atoms with Gasteiger partial charge in [-0.3, -0.25) is 9.59 Å². The molecule has 6 rings (SSSR count). The van der Waals surface area contributed by atoms with Crippen LogP contribution in [-0.4, -0.2) is 57.4 Å². The molecular formula is C36H34N2O4. The van der Waals surface area contributed by atoms with Crippen LogP contribution in [0.4, 0.5) is 0 Å². The first-order valence-electron chi connectivity index (χ1n) is 14.5. The van der Waals surface area contributed by atoms with Crippen molar-refractivity contribution in [3.8, 4) is 0 Å². The fourth-order valence-electron chi connectivity index (χ4n) is 6.91. The summed E-state index contributed by atoms with van der Waals surface area (Å²) in [6.45, 7) is 2.16. The highest BCUT2D eigenvalue weighted by Gasteiger charge is 2.54. The Kier molecular flexibility index (Phi) is 7.62. The van der Waals surface area contributed by atoms with Crippen LogP contribution >= 0.6 is 0 Å². The average Bonchev–Trinajstić information content (AvgIpc) is 3.32. The number of likely N-dealkylation sites (tertiary alicyclic amines) is 1. The molecule has 2 fully saturated rings. The molecular weight excluding hydrogens is 524 g/mol. The van der Waals surface area contributed by atoms with E-state index in [-0.39, 0.29) is 24.4 Å². The zero-order chi connectivity index (χ0) is 29.2. The van der Waals surface area contributed by atoms with Gasteiger partial charge in [-0.15, -0.1) is 0 Å². The SMILES string of the molecule is Cc1ccccc1C(C(=O)N1C[C@@H]2CC[C@H]([C@H]1C(=O)O)N2C(=O)C(c1ccccc1)c1ccccc1)c1ccccc1. The summed E-state index contributed by atoms with van der Waals surface area (Å²) < 4.78 is 0. The Morgan fingerprint density at radius 1 is 0.667 bits per heavy atom. The van der Waals surface area contributed by atoms with Crippen LogP contribution in [0.2, 0.25) is 0 Å². The van der Waals surface area contributed by atoms with E-state index in [1.54, 1.807) is 9.80 Å². The smallest absolute Gasteiger partial charge is 0.328 e. The summed E-state index contributed by atoms with van der Waals surface area (Å²) in [6, 6.07) is 34.6. The highest BCUT2D eigenvalue weighted by Crippen LogP contribution is 2.41. The molecule has 1 N–H and O–H groups in total. The highest BCUT2D eigenvalue weighted by atomic mass is 16.4. The number of amides is 2. The molecule has 2 bridgehead atoms. The number of carbonyl (C=O) groups excluding carboxylic acids is 2. The lowest BCUT2D eigenvalue weighted by Gasteiger charge is -2.47. The van der Waals surface area contributed by atoms with Gasteiger partial charge in [-0.25, -0.2) is 4.79 Å². The second kappa shape index (κ2) is 11.6. The van der Waals surface area contributed by atoms with E-state index in [9.17, 15) is 19.5 Å². The molecule has 2 aliphatic heterocycles. The normalized spacial score (nSPS) is 20.4. The van der Waals surface area contributed by atoms with Gasteiger partial charge in [0.25, 0.3) is 0 Å². The van der Waals surface area contributed by atoms with Crippen molar-refractivity contribution in [2.24, 2.45) is 0 Å². The second-order valence-corrected chi connectivity index (χ2v) is 11.3. The third-order valence-corrected chi connectivity index (χ3v) is 8.84. The Morgan fingerprint density at radius 3 is 1.69 bits per heavy atom. The standard InChI is InChI=1S/C36H34N2O4/c1-24-13-11-12-20-29(24)32(27-18-9-4-10-19-27)34(39)37-23-28-21-22-30(33(37)36(41)42)38(28)35(40)31(25-14-5-2-6-15-25)26-16-7-3-8-17-26/h2-20,28,30-33H,21-23H2,1H3,(H,41,42)/t28-,30+,32?,33-/m0/s1. The number of carboxylic acids is 1. The number of piperazine rings is 1. The quantitative estimate of drug-likeness (QED) is 0.320. The summed E-state index contributed by atoms with van der Waals surface area (Å²) in [6.07, 6.45) is 1.19. The molecule has 212 valence electrons. The first-order valence-corrected chi connectivity index (χ1v) is 14.5. The number of aliphatic carboxylic acids is 1. The van der Waals surface area contributed by atoms with Crippen LogP contribution in [0.3, 0.4) is 0 Å². The van der Waals surface area contributed by atoms with Crippen molar-refractivity contribution < 1.29 is 19.5 Å². The van der Waals surface area contributed by atoms with Crippen LogP contribution < -0.4 is 0 Å². The molecule has 42 heavy (non-hydrogen) atoms. The van der Waals surface area contributed by atoms with E-state index in [1.807, 2.05) is 122 Å². The lowest BCUT2D eigenvalue weighted by atomic mass is 9.85.